The molecule has 2 nitrogen and oxygen atoms in total. The van der Waals surface area contributed by atoms with Gasteiger partial charge in [-0.25, -0.2) is 0 Å². The second-order valence-electron chi connectivity index (χ2n) is 4.80. The quantitative estimate of drug-likeness (QED) is 0.595. The summed E-state index contributed by atoms with van der Waals surface area (Å²) in [5.74, 6) is 0. The van der Waals surface area contributed by atoms with Crippen LogP contribution in [0, 0.1) is 5.41 Å². The van der Waals surface area contributed by atoms with Crippen molar-refractivity contribution in [1.82, 2.24) is 4.90 Å². The van der Waals surface area contributed by atoms with E-state index in [2.05, 4.69) is 4.90 Å². The lowest BCUT2D eigenvalue weighted by Gasteiger charge is -2.58. The Labute approximate surface area is 67.7 Å². The maximum Gasteiger partial charge on any atom is 0.00969 e. The molecule has 62 valence electrons. The van der Waals surface area contributed by atoms with Gasteiger partial charge in [-0.1, -0.05) is 0 Å². The van der Waals surface area contributed by atoms with Crippen molar-refractivity contribution in [3.63, 3.8) is 0 Å². The molecule has 1 spiro atoms. The van der Waals surface area contributed by atoms with Crippen LogP contribution in [0.5, 0.6) is 0 Å². The van der Waals surface area contributed by atoms with Crippen molar-refractivity contribution in [3.05, 3.63) is 0 Å². The predicted molar refractivity (Wildman–Crippen MR) is 44.2 cm³/mol. The van der Waals surface area contributed by atoms with E-state index in [4.69, 9.17) is 5.73 Å². The van der Waals surface area contributed by atoms with Gasteiger partial charge in [0.25, 0.3) is 0 Å². The third-order valence-corrected chi connectivity index (χ3v) is 3.53. The molecule has 0 atom stereocenters. The topological polar surface area (TPSA) is 29.3 Å². The van der Waals surface area contributed by atoms with E-state index in [1.54, 1.807) is 0 Å². The normalized spacial score (nSPS) is 36.8. The second kappa shape index (κ2) is 1.80. The Morgan fingerprint density at radius 3 is 2.27 bits per heavy atom. The zero-order valence-electron chi connectivity index (χ0n) is 6.92. The first kappa shape index (κ1) is 6.44. The van der Waals surface area contributed by atoms with Gasteiger partial charge in [0.1, 0.15) is 0 Å². The van der Waals surface area contributed by atoms with Gasteiger partial charge >= 0.3 is 0 Å². The average molecular weight is 152 g/mol. The molecule has 0 amide bonds. The summed E-state index contributed by atoms with van der Waals surface area (Å²) in [5.41, 5.74) is 6.49. The van der Waals surface area contributed by atoms with Crippen molar-refractivity contribution in [2.45, 2.75) is 37.8 Å². The number of nitrogens with two attached hydrogens (primary N) is 1. The maximum atomic E-state index is 5.78. The van der Waals surface area contributed by atoms with Crippen LogP contribution in [0.4, 0.5) is 0 Å². The van der Waals surface area contributed by atoms with E-state index in [9.17, 15) is 0 Å². The minimum Gasteiger partial charge on any atom is -0.328 e. The van der Waals surface area contributed by atoms with Gasteiger partial charge in [0.15, 0.2) is 0 Å². The summed E-state index contributed by atoms with van der Waals surface area (Å²) in [6.07, 6.45) is 5.52. The Bertz CT molecular complexity index is 172. The highest BCUT2D eigenvalue weighted by molar-refractivity contribution is 5.08. The molecular formula is C9H16N2. The molecule has 2 saturated carbocycles. The van der Waals surface area contributed by atoms with Crippen molar-refractivity contribution in [2.75, 3.05) is 13.1 Å². The van der Waals surface area contributed by atoms with E-state index in [-0.39, 0.29) is 0 Å². The van der Waals surface area contributed by atoms with Crippen LogP contribution in [0.15, 0.2) is 0 Å². The summed E-state index contributed by atoms with van der Waals surface area (Å²) in [6.45, 7) is 2.73. The Balaban J connectivity index is 1.55. The smallest absolute Gasteiger partial charge is 0.00969 e. The Kier molecular flexibility index (Phi) is 1.06. The van der Waals surface area contributed by atoms with Gasteiger partial charge in [0.2, 0.25) is 0 Å². The molecule has 1 heterocycles. The lowest BCUT2D eigenvalue weighted by molar-refractivity contribution is -0.0753. The molecule has 3 fully saturated rings. The lowest BCUT2D eigenvalue weighted by atomic mass is 9.61. The molecule has 2 aliphatic carbocycles. The standard InChI is InChI=1S/C9H16N2/c10-7-3-9(4-7)5-11(6-9)8-1-2-8/h7-8H,1-6,10H2. The van der Waals surface area contributed by atoms with Gasteiger partial charge in [0, 0.05) is 25.2 Å². The maximum absolute atomic E-state index is 5.78. The molecule has 3 rings (SSSR count). The summed E-state index contributed by atoms with van der Waals surface area (Å²) in [5, 5.41) is 0. The monoisotopic (exact) mass is 152 g/mol. The summed E-state index contributed by atoms with van der Waals surface area (Å²) < 4.78 is 0. The minimum absolute atomic E-state index is 0.538. The molecule has 3 aliphatic rings. The van der Waals surface area contributed by atoms with Gasteiger partial charge in [0.05, 0.1) is 0 Å². The fraction of sp³-hybridized carbons (Fsp3) is 1.00. The highest BCUT2D eigenvalue weighted by atomic mass is 15.3. The van der Waals surface area contributed by atoms with Gasteiger partial charge < -0.3 is 5.73 Å². The summed E-state index contributed by atoms with van der Waals surface area (Å²) in [4.78, 5) is 2.64. The van der Waals surface area contributed by atoms with Crippen LogP contribution < -0.4 is 5.73 Å². The molecule has 0 aromatic carbocycles. The molecule has 2 N–H and O–H groups in total. The molecule has 1 saturated heterocycles. The van der Waals surface area contributed by atoms with Crippen molar-refractivity contribution in [1.29, 1.82) is 0 Å². The summed E-state index contributed by atoms with van der Waals surface area (Å²) >= 11 is 0. The Morgan fingerprint density at radius 1 is 1.18 bits per heavy atom. The average Bonchev–Trinajstić information content (AvgIpc) is 2.55. The van der Waals surface area contributed by atoms with Crippen LogP contribution in [0.3, 0.4) is 0 Å². The molecule has 1 aliphatic heterocycles. The number of hydrogen-bond donors (Lipinski definition) is 1. The molecule has 0 unspecified atom stereocenters. The first-order valence-electron chi connectivity index (χ1n) is 4.77. The van der Waals surface area contributed by atoms with Crippen molar-refractivity contribution in [3.8, 4) is 0 Å². The number of rotatable bonds is 1. The Morgan fingerprint density at radius 2 is 1.82 bits per heavy atom. The van der Waals surface area contributed by atoms with E-state index in [1.165, 1.54) is 38.8 Å². The van der Waals surface area contributed by atoms with Crippen LogP contribution in [-0.4, -0.2) is 30.1 Å². The fourth-order valence-corrected chi connectivity index (χ4v) is 2.82. The largest absolute Gasteiger partial charge is 0.328 e. The van der Waals surface area contributed by atoms with Crippen LogP contribution in [0.2, 0.25) is 0 Å². The van der Waals surface area contributed by atoms with E-state index in [0.29, 0.717) is 11.5 Å². The highest BCUT2D eigenvalue weighted by Crippen LogP contribution is 2.50. The number of hydrogen-bond acceptors (Lipinski definition) is 2. The minimum atomic E-state index is 0.538. The van der Waals surface area contributed by atoms with Gasteiger partial charge in [-0.15, -0.1) is 0 Å². The Hall–Kier alpha value is -0.0800. The van der Waals surface area contributed by atoms with Crippen LogP contribution in [0.1, 0.15) is 25.7 Å². The van der Waals surface area contributed by atoms with Crippen molar-refractivity contribution < 1.29 is 0 Å². The zero-order valence-corrected chi connectivity index (χ0v) is 6.92. The number of likely N-dealkylation sites (tertiary alicyclic amines) is 1. The lowest BCUT2D eigenvalue weighted by Crippen LogP contribution is -2.65. The molecule has 0 aromatic heterocycles. The zero-order chi connectivity index (χ0) is 7.47. The molecule has 2 heteroatoms. The molecule has 0 bridgehead atoms. The van der Waals surface area contributed by atoms with Gasteiger partial charge in [-0.2, -0.15) is 0 Å². The predicted octanol–water partition coefficient (Wildman–Crippen LogP) is 0.572. The fourth-order valence-electron chi connectivity index (χ4n) is 2.82. The van der Waals surface area contributed by atoms with Gasteiger partial charge in [-0.05, 0) is 31.1 Å². The summed E-state index contributed by atoms with van der Waals surface area (Å²) in [7, 11) is 0. The van der Waals surface area contributed by atoms with Crippen LogP contribution >= 0.6 is 0 Å². The van der Waals surface area contributed by atoms with Crippen LogP contribution in [-0.2, 0) is 0 Å². The molecule has 0 aromatic rings. The first-order valence-corrected chi connectivity index (χ1v) is 4.77. The van der Waals surface area contributed by atoms with E-state index >= 15 is 0 Å². The summed E-state index contributed by atoms with van der Waals surface area (Å²) in [6, 6.07) is 1.52. The first-order chi connectivity index (χ1) is 5.27. The van der Waals surface area contributed by atoms with Crippen molar-refractivity contribution in [2.24, 2.45) is 11.1 Å². The van der Waals surface area contributed by atoms with E-state index in [1.807, 2.05) is 0 Å². The third-order valence-electron chi connectivity index (χ3n) is 3.53. The van der Waals surface area contributed by atoms with Crippen LogP contribution in [0.25, 0.3) is 0 Å². The van der Waals surface area contributed by atoms with E-state index in [0.717, 1.165) is 6.04 Å². The highest BCUT2D eigenvalue weighted by Gasteiger charge is 2.53. The van der Waals surface area contributed by atoms with Crippen molar-refractivity contribution >= 4 is 0 Å². The van der Waals surface area contributed by atoms with Gasteiger partial charge in [-0.3, -0.25) is 4.90 Å². The molecule has 11 heavy (non-hydrogen) atoms. The molecular weight excluding hydrogens is 136 g/mol. The SMILES string of the molecule is NC1CC2(C1)CN(C1CC1)C2. The third kappa shape index (κ3) is 0.859. The molecule has 0 radical (unpaired) electrons. The number of nitrogens with zero attached hydrogens (tertiary/aromatic N) is 1. The second-order valence-corrected chi connectivity index (χ2v) is 4.80. The van der Waals surface area contributed by atoms with E-state index < -0.39 is 0 Å².